The molecule has 4 nitrogen and oxygen atoms in total. The Bertz CT molecular complexity index is 3280. The van der Waals surface area contributed by atoms with Gasteiger partial charge in [-0.25, -0.2) is 0 Å². The van der Waals surface area contributed by atoms with Gasteiger partial charge in [0.2, 0.25) is 26.9 Å². The predicted molar refractivity (Wildman–Crippen MR) is 241 cm³/mol. The number of fused-ring (bicyclic) bond motifs is 14. The molecule has 0 unspecified atom stereocenters. The summed E-state index contributed by atoms with van der Waals surface area (Å²) in [5, 5.41) is 3.00. The molecule has 56 heavy (non-hydrogen) atoms. The van der Waals surface area contributed by atoms with Gasteiger partial charge in [0.15, 0.2) is 10.9 Å². The fourth-order valence-corrected chi connectivity index (χ4v) is 11.6. The standard InChI is InChI=1S/C48H32B4N2O2/c1-25-13-19-39-29(21-25)47(55)27-15-17-35-43-45(27)53(39)41-24-42-38(23-37(41)51(43)33-11-7-5-9-31(33)49(35)3)52-34-12-8-6-10-32(34)50(4)36-18-16-28-46(44(36)52)54(42)40-20-14-26(2)22-30(40)48(28)56/h5-24H,1-4H3. The molecule has 0 radical (unpaired) electrons. The van der Waals surface area contributed by atoms with Crippen molar-refractivity contribution in [3.8, 4) is 11.4 Å². The summed E-state index contributed by atoms with van der Waals surface area (Å²) in [5.74, 6) is 0. The highest BCUT2D eigenvalue weighted by Gasteiger charge is 2.46. The van der Waals surface area contributed by atoms with Crippen molar-refractivity contribution in [3.05, 3.63) is 153 Å². The van der Waals surface area contributed by atoms with Crippen molar-refractivity contribution >= 4 is 125 Å². The molecule has 8 heteroatoms. The van der Waals surface area contributed by atoms with Crippen LogP contribution in [-0.4, -0.2) is 36.0 Å². The van der Waals surface area contributed by atoms with Crippen molar-refractivity contribution in [3.63, 3.8) is 0 Å². The van der Waals surface area contributed by atoms with E-state index in [2.05, 4.69) is 158 Å². The molecular formula is C48H32B4N2O2. The molecule has 4 aliphatic heterocycles. The Labute approximate surface area is 324 Å². The van der Waals surface area contributed by atoms with Crippen molar-refractivity contribution in [1.82, 2.24) is 9.13 Å². The summed E-state index contributed by atoms with van der Waals surface area (Å²) in [7, 11) is 0. The van der Waals surface area contributed by atoms with Crippen LogP contribution in [0.3, 0.4) is 0 Å². The highest BCUT2D eigenvalue weighted by atomic mass is 16.1. The van der Waals surface area contributed by atoms with E-state index < -0.39 is 0 Å². The Hall–Kier alpha value is -6.26. The van der Waals surface area contributed by atoms with Crippen LogP contribution in [0.15, 0.2) is 131 Å². The highest BCUT2D eigenvalue weighted by molar-refractivity contribution is 7.11. The topological polar surface area (TPSA) is 44.0 Å². The Morgan fingerprint density at radius 3 is 1.29 bits per heavy atom. The number of aryl methyl sites for hydroxylation is 2. The molecule has 4 aliphatic rings. The minimum atomic E-state index is -0.0495. The number of aromatic nitrogens is 2. The first-order chi connectivity index (χ1) is 27.3. The minimum absolute atomic E-state index is 0.0495. The molecule has 13 rings (SSSR count). The lowest BCUT2D eigenvalue weighted by Crippen LogP contribution is -2.75. The zero-order chi connectivity index (χ0) is 37.5. The Balaban J connectivity index is 1.28. The molecule has 0 spiro atoms. The number of pyridine rings is 2. The number of hydrogen-bond donors (Lipinski definition) is 0. The number of rotatable bonds is 0. The first kappa shape index (κ1) is 31.0. The molecule has 0 bridgehead atoms. The van der Waals surface area contributed by atoms with Gasteiger partial charge in [-0.05, 0) is 78.2 Å². The van der Waals surface area contributed by atoms with Crippen LogP contribution < -0.4 is 65.5 Å². The number of nitrogens with zero attached hydrogens (tertiary/aromatic N) is 2. The van der Waals surface area contributed by atoms with E-state index in [0.29, 0.717) is 0 Å². The second kappa shape index (κ2) is 10.3. The zero-order valence-corrected chi connectivity index (χ0v) is 31.6. The van der Waals surface area contributed by atoms with E-state index in [1.54, 1.807) is 0 Å². The second-order valence-corrected chi connectivity index (χ2v) is 16.8. The number of benzene rings is 7. The van der Waals surface area contributed by atoms with Gasteiger partial charge >= 0.3 is 0 Å². The fraction of sp³-hybridized carbons (Fsp3) is 0.0833. The van der Waals surface area contributed by atoms with Crippen LogP contribution >= 0.6 is 0 Å². The molecule has 0 fully saturated rings. The molecule has 0 saturated heterocycles. The molecule has 2 aromatic heterocycles. The van der Waals surface area contributed by atoms with E-state index in [1.807, 2.05) is 0 Å². The summed E-state index contributed by atoms with van der Waals surface area (Å²) in [6.45, 7) is 9.02. The highest BCUT2D eigenvalue weighted by Crippen LogP contribution is 2.32. The molecule has 258 valence electrons. The molecule has 0 atom stereocenters. The summed E-state index contributed by atoms with van der Waals surface area (Å²) in [4.78, 5) is 29.1. The summed E-state index contributed by atoms with van der Waals surface area (Å²) in [6, 6.07) is 44.1. The summed E-state index contributed by atoms with van der Waals surface area (Å²) < 4.78 is 4.82. The number of hydrogen-bond acceptors (Lipinski definition) is 2. The Morgan fingerprint density at radius 1 is 0.411 bits per heavy atom. The van der Waals surface area contributed by atoms with E-state index >= 15 is 0 Å². The molecule has 0 N–H and O–H groups in total. The maximum absolute atomic E-state index is 14.6. The van der Waals surface area contributed by atoms with Crippen LogP contribution in [-0.2, 0) is 0 Å². The van der Waals surface area contributed by atoms with Gasteiger partial charge in [0.25, 0.3) is 0 Å². The van der Waals surface area contributed by atoms with Gasteiger partial charge in [-0.3, -0.25) is 9.59 Å². The van der Waals surface area contributed by atoms with Crippen molar-refractivity contribution in [2.75, 3.05) is 0 Å². The predicted octanol–water partition coefficient (Wildman–Crippen LogP) is 1.98. The summed E-state index contributed by atoms with van der Waals surface area (Å²) in [6.07, 6.45) is 0. The van der Waals surface area contributed by atoms with Crippen LogP contribution in [0.4, 0.5) is 0 Å². The fourth-order valence-electron chi connectivity index (χ4n) is 11.6. The van der Waals surface area contributed by atoms with Crippen LogP contribution in [0.25, 0.3) is 55.0 Å². The normalized spacial score (nSPS) is 14.1. The van der Waals surface area contributed by atoms with Gasteiger partial charge in [-0.1, -0.05) is 136 Å². The van der Waals surface area contributed by atoms with Crippen LogP contribution in [0.1, 0.15) is 11.1 Å². The van der Waals surface area contributed by atoms with E-state index in [4.69, 9.17) is 0 Å². The third kappa shape index (κ3) is 3.54. The van der Waals surface area contributed by atoms with E-state index in [0.717, 1.165) is 66.1 Å². The molecule has 0 amide bonds. The Morgan fingerprint density at radius 2 is 0.839 bits per heavy atom. The molecule has 0 saturated carbocycles. The summed E-state index contributed by atoms with van der Waals surface area (Å²) >= 11 is 0. The lowest BCUT2D eigenvalue weighted by atomic mass is 9.20. The van der Waals surface area contributed by atoms with Gasteiger partial charge in [-0.2, -0.15) is 0 Å². The van der Waals surface area contributed by atoms with E-state index in [9.17, 15) is 9.59 Å². The van der Waals surface area contributed by atoms with Crippen LogP contribution in [0.5, 0.6) is 0 Å². The largest absolute Gasteiger partial charge is 0.310 e. The average Bonchev–Trinajstić information content (AvgIpc) is 3.22. The van der Waals surface area contributed by atoms with Gasteiger partial charge in [0, 0.05) is 32.9 Å². The van der Waals surface area contributed by atoms with E-state index in [1.165, 1.54) is 54.6 Å². The third-order valence-corrected chi connectivity index (χ3v) is 14.1. The zero-order valence-electron chi connectivity index (χ0n) is 31.6. The lowest BCUT2D eigenvalue weighted by molar-refractivity contribution is 1.13. The smallest absolute Gasteiger partial charge is 0.245 e. The minimum Gasteiger partial charge on any atom is -0.310 e. The van der Waals surface area contributed by atoms with Crippen molar-refractivity contribution in [2.45, 2.75) is 27.5 Å². The molecule has 6 heterocycles. The maximum Gasteiger partial charge on any atom is 0.245 e. The first-order valence-electron chi connectivity index (χ1n) is 19.9. The maximum atomic E-state index is 14.6. The van der Waals surface area contributed by atoms with Crippen LogP contribution in [0, 0.1) is 13.8 Å². The first-order valence-corrected chi connectivity index (χ1v) is 19.9. The third-order valence-electron chi connectivity index (χ3n) is 14.1. The van der Waals surface area contributed by atoms with Gasteiger partial charge in [0.1, 0.15) is 0 Å². The summed E-state index contributed by atoms with van der Waals surface area (Å²) in [5.41, 5.74) is 21.3. The van der Waals surface area contributed by atoms with Crippen LogP contribution in [0.2, 0.25) is 13.6 Å². The van der Waals surface area contributed by atoms with Crippen molar-refractivity contribution < 1.29 is 0 Å². The van der Waals surface area contributed by atoms with Crippen molar-refractivity contribution in [1.29, 1.82) is 0 Å². The SMILES string of the molecule is CB1c2ccccc2B2c3cc4c(cc3-n3c5ccc(C)cc5c(=O)c5ccc1c2c53)-n1c2ccc(C)cc2c(=O)c2ccc3c(c21)B4c1ccccc1B3C. The van der Waals surface area contributed by atoms with Gasteiger partial charge in [-0.15, -0.1) is 0 Å². The van der Waals surface area contributed by atoms with Gasteiger partial charge < -0.3 is 9.13 Å². The van der Waals surface area contributed by atoms with Gasteiger partial charge in [0.05, 0.1) is 22.1 Å². The second-order valence-electron chi connectivity index (χ2n) is 16.8. The quantitative estimate of drug-likeness (QED) is 0.179. The Kier molecular flexibility index (Phi) is 5.71. The molecule has 9 aromatic rings. The average molecular weight is 712 g/mol. The molecule has 0 aliphatic carbocycles. The lowest BCUT2D eigenvalue weighted by Gasteiger charge is -2.40. The monoisotopic (exact) mass is 712 g/mol. The van der Waals surface area contributed by atoms with E-state index in [-0.39, 0.29) is 37.7 Å². The molecular weight excluding hydrogens is 680 g/mol. The molecule has 7 aromatic carbocycles. The van der Waals surface area contributed by atoms with Crippen molar-refractivity contribution in [2.24, 2.45) is 0 Å².